The Labute approximate surface area is 129 Å². The van der Waals surface area contributed by atoms with Crippen molar-refractivity contribution in [2.75, 3.05) is 26.7 Å². The Kier molecular flexibility index (Phi) is 12.0. The van der Waals surface area contributed by atoms with Crippen LogP contribution in [0.15, 0.2) is 0 Å². The fourth-order valence-electron chi connectivity index (χ4n) is 2.17. The third-order valence-corrected chi connectivity index (χ3v) is 3.71. The van der Waals surface area contributed by atoms with Crippen LogP contribution >= 0.6 is 24.8 Å². The molecular formula is C13H29Cl2N3O. The quantitative estimate of drug-likeness (QED) is 0.811. The number of likely N-dealkylation sites (tertiary alicyclic amines) is 1. The summed E-state index contributed by atoms with van der Waals surface area (Å²) in [5, 5.41) is 2.94. The third-order valence-electron chi connectivity index (χ3n) is 3.71. The van der Waals surface area contributed by atoms with Gasteiger partial charge in [-0.05, 0) is 51.2 Å². The van der Waals surface area contributed by atoms with Crippen LogP contribution in [0.25, 0.3) is 0 Å². The van der Waals surface area contributed by atoms with Crippen molar-refractivity contribution >= 4 is 30.7 Å². The molecule has 0 bridgehead atoms. The Hall–Kier alpha value is -0.0300. The molecule has 3 N–H and O–H groups in total. The Morgan fingerprint density at radius 2 is 1.84 bits per heavy atom. The molecule has 0 aromatic rings. The van der Waals surface area contributed by atoms with Crippen LogP contribution in [0.2, 0.25) is 0 Å². The van der Waals surface area contributed by atoms with Gasteiger partial charge in [-0.15, -0.1) is 24.8 Å². The second kappa shape index (κ2) is 10.7. The van der Waals surface area contributed by atoms with Gasteiger partial charge < -0.3 is 16.0 Å². The normalized spacial score (nSPS) is 18.4. The number of halogens is 2. The Morgan fingerprint density at radius 3 is 2.32 bits per heavy atom. The van der Waals surface area contributed by atoms with E-state index in [4.69, 9.17) is 5.73 Å². The molecule has 6 heteroatoms. The summed E-state index contributed by atoms with van der Waals surface area (Å²) in [5.41, 5.74) is 5.78. The molecule has 1 aliphatic heterocycles. The molecule has 19 heavy (non-hydrogen) atoms. The smallest absolute Gasteiger partial charge is 0.237 e. The molecule has 0 spiro atoms. The van der Waals surface area contributed by atoms with Crippen molar-refractivity contribution < 1.29 is 4.79 Å². The highest BCUT2D eigenvalue weighted by molar-refractivity contribution is 5.85. The van der Waals surface area contributed by atoms with Gasteiger partial charge in [-0.25, -0.2) is 0 Å². The molecule has 1 saturated heterocycles. The van der Waals surface area contributed by atoms with Gasteiger partial charge in [-0.2, -0.15) is 0 Å². The molecule has 1 aliphatic rings. The third kappa shape index (κ3) is 7.98. The van der Waals surface area contributed by atoms with Gasteiger partial charge in [0.1, 0.15) is 0 Å². The SMILES string of the molecule is CC(C)[C@@H](N)C(=O)NCCC1CCN(C)CC1.Cl.Cl. The second-order valence-corrected chi connectivity index (χ2v) is 5.60. The summed E-state index contributed by atoms with van der Waals surface area (Å²) in [6.45, 7) is 7.09. The van der Waals surface area contributed by atoms with Gasteiger partial charge >= 0.3 is 0 Å². The summed E-state index contributed by atoms with van der Waals surface area (Å²) in [6, 6.07) is -0.368. The van der Waals surface area contributed by atoms with E-state index in [9.17, 15) is 4.79 Å². The van der Waals surface area contributed by atoms with E-state index < -0.39 is 0 Å². The number of piperidine rings is 1. The zero-order valence-corrected chi connectivity index (χ0v) is 13.9. The lowest BCUT2D eigenvalue weighted by molar-refractivity contribution is -0.123. The van der Waals surface area contributed by atoms with Gasteiger partial charge in [0.05, 0.1) is 6.04 Å². The van der Waals surface area contributed by atoms with Gasteiger partial charge in [-0.1, -0.05) is 13.8 Å². The van der Waals surface area contributed by atoms with E-state index in [-0.39, 0.29) is 42.7 Å². The van der Waals surface area contributed by atoms with Crippen molar-refractivity contribution in [3.05, 3.63) is 0 Å². The number of hydrogen-bond donors (Lipinski definition) is 2. The minimum absolute atomic E-state index is 0. The molecule has 116 valence electrons. The summed E-state index contributed by atoms with van der Waals surface area (Å²) in [7, 11) is 2.17. The van der Waals surface area contributed by atoms with E-state index in [1.54, 1.807) is 0 Å². The summed E-state index contributed by atoms with van der Waals surface area (Å²) in [5.74, 6) is 0.966. The van der Waals surface area contributed by atoms with Gasteiger partial charge in [0, 0.05) is 6.54 Å². The fourth-order valence-corrected chi connectivity index (χ4v) is 2.17. The van der Waals surface area contributed by atoms with E-state index in [0.29, 0.717) is 0 Å². The average Bonchev–Trinajstić information content (AvgIpc) is 2.30. The van der Waals surface area contributed by atoms with Crippen molar-refractivity contribution in [1.82, 2.24) is 10.2 Å². The number of rotatable bonds is 5. The molecule has 4 nitrogen and oxygen atoms in total. The van der Waals surface area contributed by atoms with Gasteiger partial charge in [0.15, 0.2) is 0 Å². The van der Waals surface area contributed by atoms with Crippen LogP contribution in [0.3, 0.4) is 0 Å². The standard InChI is InChI=1S/C13H27N3O.2ClH/c1-10(2)12(14)13(17)15-7-4-11-5-8-16(3)9-6-11;;/h10-12H,4-9,14H2,1-3H3,(H,15,17);2*1H/t12-;;/m1../s1. The topological polar surface area (TPSA) is 58.4 Å². The van der Waals surface area contributed by atoms with Crippen LogP contribution < -0.4 is 11.1 Å². The van der Waals surface area contributed by atoms with Crippen molar-refractivity contribution in [2.45, 2.75) is 39.2 Å². The zero-order valence-electron chi connectivity index (χ0n) is 12.2. The molecule has 0 unspecified atom stereocenters. The van der Waals surface area contributed by atoms with Crippen LogP contribution in [-0.2, 0) is 4.79 Å². The number of carbonyl (C=O) groups excluding carboxylic acids is 1. The van der Waals surface area contributed by atoms with Gasteiger partial charge in [0.25, 0.3) is 0 Å². The summed E-state index contributed by atoms with van der Waals surface area (Å²) < 4.78 is 0. The molecule has 0 saturated carbocycles. The minimum Gasteiger partial charge on any atom is -0.355 e. The first-order valence-corrected chi connectivity index (χ1v) is 6.72. The number of nitrogens with one attached hydrogen (secondary N) is 1. The lowest BCUT2D eigenvalue weighted by atomic mass is 9.94. The van der Waals surface area contributed by atoms with Crippen LogP contribution in [0.1, 0.15) is 33.1 Å². The highest BCUT2D eigenvalue weighted by atomic mass is 35.5. The number of nitrogens with zero attached hydrogens (tertiary/aromatic N) is 1. The predicted molar refractivity (Wildman–Crippen MR) is 85.2 cm³/mol. The Bertz CT molecular complexity index is 244. The predicted octanol–water partition coefficient (Wildman–Crippen LogP) is 1.66. The van der Waals surface area contributed by atoms with Crippen LogP contribution in [0.5, 0.6) is 0 Å². The summed E-state index contributed by atoms with van der Waals surface area (Å²) in [6.07, 6.45) is 3.59. The highest BCUT2D eigenvalue weighted by Gasteiger charge is 2.19. The maximum Gasteiger partial charge on any atom is 0.237 e. The number of amides is 1. The highest BCUT2D eigenvalue weighted by Crippen LogP contribution is 2.18. The maximum absolute atomic E-state index is 11.6. The first-order chi connectivity index (χ1) is 8.00. The van der Waals surface area contributed by atoms with E-state index in [1.165, 1.54) is 25.9 Å². The van der Waals surface area contributed by atoms with Crippen molar-refractivity contribution in [3.63, 3.8) is 0 Å². The Morgan fingerprint density at radius 1 is 1.32 bits per heavy atom. The molecule has 1 atom stereocenters. The fraction of sp³-hybridized carbons (Fsp3) is 0.923. The van der Waals surface area contributed by atoms with E-state index in [0.717, 1.165) is 18.9 Å². The lowest BCUT2D eigenvalue weighted by Crippen LogP contribution is -2.44. The number of carbonyl (C=O) groups is 1. The van der Waals surface area contributed by atoms with Crippen LogP contribution in [0, 0.1) is 11.8 Å². The summed E-state index contributed by atoms with van der Waals surface area (Å²) in [4.78, 5) is 14.0. The second-order valence-electron chi connectivity index (χ2n) is 5.60. The van der Waals surface area contributed by atoms with Crippen LogP contribution in [-0.4, -0.2) is 43.5 Å². The summed E-state index contributed by atoms with van der Waals surface area (Å²) >= 11 is 0. The minimum atomic E-state index is -0.368. The molecule has 1 amide bonds. The average molecular weight is 314 g/mol. The van der Waals surface area contributed by atoms with Crippen molar-refractivity contribution in [1.29, 1.82) is 0 Å². The number of hydrogen-bond acceptors (Lipinski definition) is 3. The van der Waals surface area contributed by atoms with Gasteiger partial charge in [-0.3, -0.25) is 4.79 Å². The van der Waals surface area contributed by atoms with Gasteiger partial charge in [0.2, 0.25) is 5.91 Å². The van der Waals surface area contributed by atoms with Crippen molar-refractivity contribution in [3.8, 4) is 0 Å². The lowest BCUT2D eigenvalue weighted by Gasteiger charge is -2.29. The van der Waals surface area contributed by atoms with E-state index >= 15 is 0 Å². The molecule has 1 heterocycles. The molecule has 1 fully saturated rings. The molecule has 0 aromatic carbocycles. The molecular weight excluding hydrogens is 285 g/mol. The van der Waals surface area contributed by atoms with Crippen molar-refractivity contribution in [2.24, 2.45) is 17.6 Å². The van der Waals surface area contributed by atoms with E-state index in [2.05, 4.69) is 17.3 Å². The number of nitrogens with two attached hydrogens (primary N) is 1. The first-order valence-electron chi connectivity index (χ1n) is 6.72. The maximum atomic E-state index is 11.6. The van der Waals surface area contributed by atoms with Crippen LogP contribution in [0.4, 0.5) is 0 Å². The monoisotopic (exact) mass is 313 g/mol. The largest absolute Gasteiger partial charge is 0.355 e. The molecule has 0 aliphatic carbocycles. The molecule has 0 radical (unpaired) electrons. The first kappa shape index (κ1) is 21.3. The zero-order chi connectivity index (χ0) is 12.8. The Balaban J connectivity index is 0. The molecule has 1 rings (SSSR count). The van der Waals surface area contributed by atoms with E-state index in [1.807, 2.05) is 13.8 Å². The molecule has 0 aromatic heterocycles.